The Morgan fingerprint density at radius 2 is 2.23 bits per heavy atom. The van der Waals surface area contributed by atoms with E-state index >= 15 is 0 Å². The third kappa shape index (κ3) is 1.38. The van der Waals surface area contributed by atoms with Crippen molar-refractivity contribution in [3.05, 3.63) is 41.8 Å². The molecule has 0 atom stereocenters. The number of para-hydroxylation sites is 1. The molecule has 3 heteroatoms. The van der Waals surface area contributed by atoms with Crippen LogP contribution in [0.4, 0.5) is 4.39 Å². The first-order valence-corrected chi connectivity index (χ1v) is 4.04. The summed E-state index contributed by atoms with van der Waals surface area (Å²) in [5.74, 6) is -0.291. The van der Waals surface area contributed by atoms with Gasteiger partial charge in [0.1, 0.15) is 11.3 Å². The molecule has 2 aromatic rings. The predicted molar refractivity (Wildman–Crippen MR) is 49.6 cm³/mol. The largest absolute Gasteiger partial charge is 0.326 e. The molecule has 0 spiro atoms. The fourth-order valence-electron chi connectivity index (χ4n) is 1.28. The van der Waals surface area contributed by atoms with Crippen LogP contribution in [0, 0.1) is 5.82 Å². The Balaban J connectivity index is 2.72. The molecule has 0 aliphatic carbocycles. The van der Waals surface area contributed by atoms with Gasteiger partial charge in [-0.1, -0.05) is 12.1 Å². The van der Waals surface area contributed by atoms with Gasteiger partial charge in [-0.05, 0) is 17.7 Å². The van der Waals surface area contributed by atoms with E-state index in [1.807, 2.05) is 12.1 Å². The Bertz CT molecular complexity index is 440. The Morgan fingerprint density at radius 1 is 1.38 bits per heavy atom. The van der Waals surface area contributed by atoms with Crippen molar-refractivity contribution >= 4 is 10.9 Å². The average molecular weight is 176 g/mol. The highest BCUT2D eigenvalue weighted by Crippen LogP contribution is 2.15. The van der Waals surface area contributed by atoms with Gasteiger partial charge in [0, 0.05) is 18.1 Å². The SMILES string of the molecule is NCc1cnc2c(F)cccc2c1. The minimum atomic E-state index is -0.291. The molecular weight excluding hydrogens is 167 g/mol. The first-order chi connectivity index (χ1) is 6.31. The summed E-state index contributed by atoms with van der Waals surface area (Å²) in [6.45, 7) is 0.430. The maximum absolute atomic E-state index is 13.1. The fourth-order valence-corrected chi connectivity index (χ4v) is 1.28. The van der Waals surface area contributed by atoms with Crippen LogP contribution in [0.2, 0.25) is 0 Å². The van der Waals surface area contributed by atoms with Gasteiger partial charge in [-0.2, -0.15) is 0 Å². The van der Waals surface area contributed by atoms with Gasteiger partial charge in [0.15, 0.2) is 0 Å². The zero-order chi connectivity index (χ0) is 9.26. The van der Waals surface area contributed by atoms with Crippen molar-refractivity contribution in [1.82, 2.24) is 4.98 Å². The summed E-state index contributed by atoms with van der Waals surface area (Å²) in [5.41, 5.74) is 6.76. The number of rotatable bonds is 1. The molecule has 2 nitrogen and oxygen atoms in total. The van der Waals surface area contributed by atoms with Gasteiger partial charge in [0.2, 0.25) is 0 Å². The molecule has 2 rings (SSSR count). The lowest BCUT2D eigenvalue weighted by atomic mass is 10.1. The molecule has 0 aliphatic rings. The van der Waals surface area contributed by atoms with Gasteiger partial charge in [-0.15, -0.1) is 0 Å². The predicted octanol–water partition coefficient (Wildman–Crippen LogP) is 1.83. The summed E-state index contributed by atoms with van der Waals surface area (Å²) < 4.78 is 13.1. The van der Waals surface area contributed by atoms with Crippen LogP contribution in [0.25, 0.3) is 10.9 Å². The molecular formula is C10H9FN2. The second kappa shape index (κ2) is 3.11. The Labute approximate surface area is 75.2 Å². The molecule has 13 heavy (non-hydrogen) atoms. The summed E-state index contributed by atoms with van der Waals surface area (Å²) in [6.07, 6.45) is 1.60. The number of aromatic nitrogens is 1. The Morgan fingerprint density at radius 3 is 3.00 bits per heavy atom. The van der Waals surface area contributed by atoms with Crippen molar-refractivity contribution in [2.24, 2.45) is 5.73 Å². The van der Waals surface area contributed by atoms with Crippen molar-refractivity contribution in [3.8, 4) is 0 Å². The maximum Gasteiger partial charge on any atom is 0.149 e. The number of hydrogen-bond acceptors (Lipinski definition) is 2. The molecule has 1 heterocycles. The number of nitrogens with two attached hydrogens (primary N) is 1. The van der Waals surface area contributed by atoms with Crippen molar-refractivity contribution in [2.45, 2.75) is 6.54 Å². The first kappa shape index (κ1) is 8.13. The first-order valence-electron chi connectivity index (χ1n) is 4.04. The van der Waals surface area contributed by atoms with Crippen molar-refractivity contribution < 1.29 is 4.39 Å². The monoisotopic (exact) mass is 176 g/mol. The van der Waals surface area contributed by atoms with Crippen LogP contribution in [0.5, 0.6) is 0 Å². The number of benzene rings is 1. The summed E-state index contributed by atoms with van der Waals surface area (Å²) in [4.78, 5) is 4.00. The van der Waals surface area contributed by atoms with E-state index in [1.165, 1.54) is 6.07 Å². The van der Waals surface area contributed by atoms with Crippen LogP contribution in [-0.2, 0) is 6.54 Å². The number of halogens is 1. The minimum absolute atomic E-state index is 0.291. The van der Waals surface area contributed by atoms with E-state index in [4.69, 9.17) is 5.73 Å². The lowest BCUT2D eigenvalue weighted by molar-refractivity contribution is 0.636. The number of fused-ring (bicyclic) bond motifs is 1. The molecule has 66 valence electrons. The number of hydrogen-bond donors (Lipinski definition) is 1. The van der Waals surface area contributed by atoms with Gasteiger partial charge < -0.3 is 5.73 Å². The van der Waals surface area contributed by atoms with E-state index in [-0.39, 0.29) is 5.82 Å². The van der Waals surface area contributed by atoms with Crippen LogP contribution < -0.4 is 5.73 Å². The van der Waals surface area contributed by atoms with Crippen LogP contribution in [0.3, 0.4) is 0 Å². The lowest BCUT2D eigenvalue weighted by Gasteiger charge is -2.00. The van der Waals surface area contributed by atoms with Gasteiger partial charge in [-0.25, -0.2) is 4.39 Å². The van der Waals surface area contributed by atoms with Crippen molar-refractivity contribution in [1.29, 1.82) is 0 Å². The number of nitrogens with zero attached hydrogens (tertiary/aromatic N) is 1. The molecule has 0 saturated carbocycles. The molecule has 0 bridgehead atoms. The van der Waals surface area contributed by atoms with Crippen LogP contribution in [-0.4, -0.2) is 4.98 Å². The second-order valence-corrected chi connectivity index (χ2v) is 2.86. The quantitative estimate of drug-likeness (QED) is 0.720. The van der Waals surface area contributed by atoms with Gasteiger partial charge in [0.05, 0.1) is 0 Å². The summed E-state index contributed by atoms with van der Waals surface area (Å²) >= 11 is 0. The van der Waals surface area contributed by atoms with Gasteiger partial charge in [0.25, 0.3) is 0 Å². The molecule has 1 aromatic carbocycles. The third-order valence-electron chi connectivity index (χ3n) is 1.95. The van der Waals surface area contributed by atoms with E-state index in [0.29, 0.717) is 12.1 Å². The maximum atomic E-state index is 13.1. The normalized spacial score (nSPS) is 10.6. The summed E-state index contributed by atoms with van der Waals surface area (Å²) in [5, 5.41) is 0.794. The standard InChI is InChI=1S/C10H9FN2/c11-9-3-1-2-8-4-7(5-12)6-13-10(8)9/h1-4,6H,5,12H2. The smallest absolute Gasteiger partial charge is 0.149 e. The highest BCUT2D eigenvalue weighted by molar-refractivity contribution is 5.79. The van der Waals surface area contributed by atoms with Crippen molar-refractivity contribution in [3.63, 3.8) is 0 Å². The van der Waals surface area contributed by atoms with E-state index in [0.717, 1.165) is 10.9 Å². The number of pyridine rings is 1. The van der Waals surface area contributed by atoms with Crippen molar-refractivity contribution in [2.75, 3.05) is 0 Å². The summed E-state index contributed by atoms with van der Waals surface area (Å²) in [7, 11) is 0. The van der Waals surface area contributed by atoms with Crippen LogP contribution in [0.15, 0.2) is 30.5 Å². The topological polar surface area (TPSA) is 38.9 Å². The Hall–Kier alpha value is -1.48. The lowest BCUT2D eigenvalue weighted by Crippen LogP contribution is -1.97. The molecule has 0 unspecified atom stereocenters. The molecule has 0 radical (unpaired) electrons. The van der Waals surface area contributed by atoms with Crippen LogP contribution in [0.1, 0.15) is 5.56 Å². The molecule has 1 aromatic heterocycles. The highest BCUT2D eigenvalue weighted by atomic mass is 19.1. The van der Waals surface area contributed by atoms with E-state index in [9.17, 15) is 4.39 Å². The van der Waals surface area contributed by atoms with Crippen LogP contribution >= 0.6 is 0 Å². The third-order valence-corrected chi connectivity index (χ3v) is 1.95. The van der Waals surface area contributed by atoms with E-state index in [1.54, 1.807) is 12.3 Å². The molecule has 0 aliphatic heterocycles. The molecule has 0 saturated heterocycles. The minimum Gasteiger partial charge on any atom is -0.326 e. The zero-order valence-electron chi connectivity index (χ0n) is 7.00. The molecule has 0 fully saturated rings. The van der Waals surface area contributed by atoms with Gasteiger partial charge >= 0.3 is 0 Å². The Kier molecular flexibility index (Phi) is 1.94. The van der Waals surface area contributed by atoms with E-state index in [2.05, 4.69) is 4.98 Å². The van der Waals surface area contributed by atoms with E-state index < -0.39 is 0 Å². The molecule has 0 amide bonds. The second-order valence-electron chi connectivity index (χ2n) is 2.86. The highest BCUT2D eigenvalue weighted by Gasteiger charge is 2.00. The fraction of sp³-hybridized carbons (Fsp3) is 0.100. The summed E-state index contributed by atoms with van der Waals surface area (Å²) in [6, 6.07) is 6.74. The van der Waals surface area contributed by atoms with Gasteiger partial charge in [-0.3, -0.25) is 4.98 Å². The zero-order valence-corrected chi connectivity index (χ0v) is 7.00. The average Bonchev–Trinajstić information content (AvgIpc) is 2.18. The molecule has 2 N–H and O–H groups in total.